The van der Waals surface area contributed by atoms with Crippen LogP contribution in [0.3, 0.4) is 0 Å². The van der Waals surface area contributed by atoms with Crippen molar-refractivity contribution in [2.45, 2.75) is 20.8 Å². The summed E-state index contributed by atoms with van der Waals surface area (Å²) >= 11 is 6.09. The van der Waals surface area contributed by atoms with Crippen LogP contribution in [0.2, 0.25) is 5.02 Å². The number of para-hydroxylation sites is 1. The third kappa shape index (κ3) is 4.73. The normalized spacial score (nSPS) is 11.2. The van der Waals surface area contributed by atoms with Gasteiger partial charge in [0.05, 0.1) is 17.3 Å². The first kappa shape index (κ1) is 15.8. The van der Waals surface area contributed by atoms with E-state index >= 15 is 0 Å². The Morgan fingerprint density at radius 3 is 2.58 bits per heavy atom. The second-order valence-electron chi connectivity index (χ2n) is 5.16. The lowest BCUT2D eigenvalue weighted by atomic mass is 9.95. The Morgan fingerprint density at radius 1 is 1.32 bits per heavy atom. The monoisotopic (exact) mass is 285 g/mol. The second kappa shape index (κ2) is 6.78. The molecule has 19 heavy (non-hydrogen) atoms. The van der Waals surface area contributed by atoms with Gasteiger partial charge >= 0.3 is 0 Å². The van der Waals surface area contributed by atoms with E-state index < -0.39 is 5.41 Å². The van der Waals surface area contributed by atoms with Gasteiger partial charge in [0, 0.05) is 12.5 Å². The fourth-order valence-electron chi connectivity index (χ4n) is 1.29. The fraction of sp³-hybridized carbons (Fsp3) is 0.500. The molecule has 1 amide bonds. The zero-order chi connectivity index (χ0) is 14.5. The van der Waals surface area contributed by atoms with Crippen molar-refractivity contribution in [1.29, 1.82) is 0 Å². The number of halogens is 1. The van der Waals surface area contributed by atoms with Crippen molar-refractivity contribution in [3.8, 4) is 5.75 Å². The lowest BCUT2D eigenvalue weighted by molar-refractivity contribution is -0.123. The number of hydrogen-bond donors (Lipinski definition) is 1. The molecule has 0 radical (unpaired) electrons. The van der Waals surface area contributed by atoms with E-state index in [4.69, 9.17) is 21.1 Å². The molecule has 0 atom stereocenters. The minimum atomic E-state index is -0.480. The first-order valence-corrected chi connectivity index (χ1v) is 6.45. The predicted octanol–water partition coefficient (Wildman–Crippen LogP) is 3.35. The number of ether oxygens (including phenoxy) is 2. The Bertz CT molecular complexity index is 441. The number of nitrogens with one attached hydrogen (secondary N) is 1. The van der Waals surface area contributed by atoms with Gasteiger partial charge < -0.3 is 14.8 Å². The van der Waals surface area contributed by atoms with Crippen molar-refractivity contribution in [1.82, 2.24) is 0 Å². The molecule has 4 nitrogen and oxygen atoms in total. The van der Waals surface area contributed by atoms with Crippen LogP contribution in [0.15, 0.2) is 18.2 Å². The Balaban J connectivity index is 2.88. The van der Waals surface area contributed by atoms with E-state index in [1.54, 1.807) is 25.3 Å². The molecule has 1 aromatic rings. The van der Waals surface area contributed by atoms with E-state index in [2.05, 4.69) is 5.32 Å². The number of anilines is 1. The molecule has 106 valence electrons. The van der Waals surface area contributed by atoms with Crippen LogP contribution in [0.5, 0.6) is 5.75 Å². The van der Waals surface area contributed by atoms with Crippen LogP contribution in [0, 0.1) is 5.41 Å². The van der Waals surface area contributed by atoms with Gasteiger partial charge in [-0.25, -0.2) is 0 Å². The van der Waals surface area contributed by atoms with Crippen molar-refractivity contribution < 1.29 is 14.3 Å². The molecule has 0 aliphatic carbocycles. The molecule has 0 bridgehead atoms. The molecule has 0 spiro atoms. The van der Waals surface area contributed by atoms with Crippen LogP contribution >= 0.6 is 11.6 Å². The number of benzene rings is 1. The molecule has 0 saturated heterocycles. The van der Waals surface area contributed by atoms with Crippen LogP contribution in [-0.2, 0) is 9.53 Å². The summed E-state index contributed by atoms with van der Waals surface area (Å²) in [4.78, 5) is 12.0. The summed E-state index contributed by atoms with van der Waals surface area (Å²) in [6.07, 6.45) is 0. The Kier molecular flexibility index (Phi) is 5.63. The molecule has 0 fully saturated rings. The molecule has 0 saturated carbocycles. The summed E-state index contributed by atoms with van der Waals surface area (Å²) in [5, 5.41) is 3.29. The van der Waals surface area contributed by atoms with Crippen LogP contribution in [0.25, 0.3) is 0 Å². The smallest absolute Gasteiger partial charge is 0.229 e. The van der Waals surface area contributed by atoms with Crippen LogP contribution in [0.1, 0.15) is 20.8 Å². The highest BCUT2D eigenvalue weighted by Crippen LogP contribution is 2.33. The van der Waals surface area contributed by atoms with Gasteiger partial charge in [-0.15, -0.1) is 0 Å². The summed E-state index contributed by atoms with van der Waals surface area (Å²) in [6.45, 7) is 6.37. The number of methoxy groups -OCH3 is 1. The maximum atomic E-state index is 12.0. The molecule has 0 aromatic heterocycles. The lowest BCUT2D eigenvalue weighted by Gasteiger charge is -2.20. The maximum Gasteiger partial charge on any atom is 0.229 e. The lowest BCUT2D eigenvalue weighted by Crippen LogP contribution is -2.27. The van der Waals surface area contributed by atoms with E-state index in [9.17, 15) is 4.79 Å². The average molecular weight is 286 g/mol. The first-order chi connectivity index (χ1) is 8.86. The Labute approximate surface area is 119 Å². The minimum absolute atomic E-state index is 0.0913. The molecule has 0 aliphatic heterocycles. The topological polar surface area (TPSA) is 47.6 Å². The summed E-state index contributed by atoms with van der Waals surface area (Å²) < 4.78 is 10.5. The number of amides is 1. The fourth-order valence-corrected chi connectivity index (χ4v) is 1.52. The largest absolute Gasteiger partial charge is 0.487 e. The zero-order valence-electron chi connectivity index (χ0n) is 11.7. The molecule has 1 aromatic carbocycles. The van der Waals surface area contributed by atoms with Gasteiger partial charge in [-0.3, -0.25) is 4.79 Å². The molecule has 1 N–H and O–H groups in total. The molecule has 0 heterocycles. The summed E-state index contributed by atoms with van der Waals surface area (Å²) in [7, 11) is 1.60. The summed E-state index contributed by atoms with van der Waals surface area (Å²) in [6, 6.07) is 5.25. The van der Waals surface area contributed by atoms with Crippen LogP contribution in [0.4, 0.5) is 5.69 Å². The van der Waals surface area contributed by atoms with Crippen molar-refractivity contribution >= 4 is 23.2 Å². The molecular formula is C14H20ClNO3. The van der Waals surface area contributed by atoms with E-state index in [1.807, 2.05) is 20.8 Å². The minimum Gasteiger partial charge on any atom is -0.487 e. The van der Waals surface area contributed by atoms with E-state index in [-0.39, 0.29) is 5.91 Å². The van der Waals surface area contributed by atoms with E-state index in [1.165, 1.54) is 0 Å². The van der Waals surface area contributed by atoms with Gasteiger partial charge in [0.15, 0.2) is 5.75 Å². The third-order valence-electron chi connectivity index (χ3n) is 2.43. The molecule has 0 unspecified atom stereocenters. The van der Waals surface area contributed by atoms with E-state index in [0.29, 0.717) is 29.7 Å². The van der Waals surface area contributed by atoms with Gasteiger partial charge in [-0.05, 0) is 12.1 Å². The van der Waals surface area contributed by atoms with Crippen molar-refractivity contribution in [3.05, 3.63) is 23.2 Å². The molecular weight excluding hydrogens is 266 g/mol. The number of rotatable bonds is 5. The second-order valence-corrected chi connectivity index (χ2v) is 5.57. The summed E-state index contributed by atoms with van der Waals surface area (Å²) in [5.41, 5.74) is 0.0927. The highest BCUT2D eigenvalue weighted by atomic mass is 35.5. The zero-order valence-corrected chi connectivity index (χ0v) is 12.5. The van der Waals surface area contributed by atoms with Gasteiger partial charge in [-0.2, -0.15) is 0 Å². The SMILES string of the molecule is COCCOc1c(Cl)cccc1NC(=O)C(C)(C)C. The molecule has 1 rings (SSSR count). The maximum absolute atomic E-state index is 12.0. The average Bonchev–Trinajstić information content (AvgIpc) is 2.31. The van der Waals surface area contributed by atoms with Crippen LogP contribution < -0.4 is 10.1 Å². The first-order valence-electron chi connectivity index (χ1n) is 6.08. The highest BCUT2D eigenvalue weighted by Gasteiger charge is 2.22. The van der Waals surface area contributed by atoms with Crippen molar-refractivity contribution in [2.75, 3.05) is 25.6 Å². The van der Waals surface area contributed by atoms with E-state index in [0.717, 1.165) is 0 Å². The number of carbonyl (C=O) groups excluding carboxylic acids is 1. The Morgan fingerprint density at radius 2 is 2.00 bits per heavy atom. The van der Waals surface area contributed by atoms with Gasteiger partial charge in [0.2, 0.25) is 5.91 Å². The van der Waals surface area contributed by atoms with Gasteiger partial charge in [0.1, 0.15) is 6.61 Å². The van der Waals surface area contributed by atoms with Crippen molar-refractivity contribution in [3.63, 3.8) is 0 Å². The third-order valence-corrected chi connectivity index (χ3v) is 2.73. The summed E-state index contributed by atoms with van der Waals surface area (Å²) in [5.74, 6) is 0.380. The quantitative estimate of drug-likeness (QED) is 0.844. The van der Waals surface area contributed by atoms with Crippen LogP contribution in [-0.4, -0.2) is 26.2 Å². The van der Waals surface area contributed by atoms with Gasteiger partial charge in [0.25, 0.3) is 0 Å². The predicted molar refractivity (Wildman–Crippen MR) is 76.9 cm³/mol. The highest BCUT2D eigenvalue weighted by molar-refractivity contribution is 6.32. The number of carbonyl (C=O) groups is 1. The van der Waals surface area contributed by atoms with Gasteiger partial charge in [-0.1, -0.05) is 38.4 Å². The number of hydrogen-bond acceptors (Lipinski definition) is 3. The molecule has 0 aliphatic rings. The molecule has 5 heteroatoms. The standard InChI is InChI=1S/C14H20ClNO3/c1-14(2,3)13(17)16-11-7-5-6-10(15)12(11)19-9-8-18-4/h5-7H,8-9H2,1-4H3,(H,16,17). The van der Waals surface area contributed by atoms with Crippen molar-refractivity contribution in [2.24, 2.45) is 5.41 Å². The Hall–Kier alpha value is -1.26.